The number of hydrogen-bond donors (Lipinski definition) is 3. The summed E-state index contributed by atoms with van der Waals surface area (Å²) in [5, 5.41) is 18.8. The van der Waals surface area contributed by atoms with Gasteiger partial charge < -0.3 is 10.2 Å². The van der Waals surface area contributed by atoms with Crippen molar-refractivity contribution in [2.75, 3.05) is 5.75 Å². The molecule has 2 aromatic rings. The van der Waals surface area contributed by atoms with Gasteiger partial charge in [-0.25, -0.2) is 4.79 Å². The average Bonchev–Trinajstić information content (AvgIpc) is 2.59. The number of carboxylic acids is 2. The Hall–Kier alpha value is -2.27. The van der Waals surface area contributed by atoms with Crippen molar-refractivity contribution in [3.8, 4) is 11.1 Å². The molecule has 0 saturated carbocycles. The quantitative estimate of drug-likeness (QED) is 0.633. The maximum atomic E-state index is 11.6. The number of benzene rings is 2. The molecule has 0 radical (unpaired) electrons. The Morgan fingerprint density at radius 3 is 2.33 bits per heavy atom. The van der Waals surface area contributed by atoms with E-state index in [9.17, 15) is 19.8 Å². The predicted octanol–water partition coefficient (Wildman–Crippen LogP) is 4.01. The van der Waals surface area contributed by atoms with E-state index in [1.165, 1.54) is 0 Å². The molecule has 2 aromatic carbocycles. The summed E-state index contributed by atoms with van der Waals surface area (Å²) in [6, 6.07) is 14.4. The molecule has 0 spiro atoms. The van der Waals surface area contributed by atoms with Gasteiger partial charge in [0.1, 0.15) is 0 Å². The van der Waals surface area contributed by atoms with E-state index in [2.05, 4.69) is 12.6 Å². The molecule has 0 aromatic heterocycles. The Morgan fingerprint density at radius 1 is 1.04 bits per heavy atom. The van der Waals surface area contributed by atoms with Crippen LogP contribution in [0.25, 0.3) is 11.1 Å². The Morgan fingerprint density at radius 2 is 1.75 bits per heavy atom. The maximum absolute atomic E-state index is 11.6. The third-order valence-corrected chi connectivity index (χ3v) is 4.26. The van der Waals surface area contributed by atoms with Gasteiger partial charge in [0.2, 0.25) is 0 Å². The number of aliphatic carboxylic acids is 1. The van der Waals surface area contributed by atoms with Gasteiger partial charge in [-0.2, -0.15) is 12.6 Å². The van der Waals surface area contributed by atoms with Crippen LogP contribution in [0.5, 0.6) is 0 Å². The molecule has 0 aliphatic rings. The average molecular weight is 344 g/mol. The summed E-state index contributed by atoms with van der Waals surface area (Å²) < 4.78 is 0. The fourth-order valence-electron chi connectivity index (χ4n) is 2.70. The summed E-state index contributed by atoms with van der Waals surface area (Å²) >= 11 is 4.12. The highest BCUT2D eigenvalue weighted by Gasteiger charge is 2.19. The zero-order valence-electron chi connectivity index (χ0n) is 13.2. The molecular formula is C19H20O4S. The summed E-state index contributed by atoms with van der Waals surface area (Å²) in [6.07, 6.45) is 1.56. The second kappa shape index (κ2) is 8.55. The van der Waals surface area contributed by atoms with Crippen LogP contribution in [-0.4, -0.2) is 27.9 Å². The van der Waals surface area contributed by atoms with Crippen molar-refractivity contribution >= 4 is 24.6 Å². The molecule has 1 atom stereocenters. The maximum Gasteiger partial charge on any atom is 0.336 e. The van der Waals surface area contributed by atoms with Gasteiger partial charge in [-0.1, -0.05) is 42.5 Å². The van der Waals surface area contributed by atoms with Crippen molar-refractivity contribution in [1.29, 1.82) is 0 Å². The van der Waals surface area contributed by atoms with Gasteiger partial charge in [0, 0.05) is 0 Å². The smallest absolute Gasteiger partial charge is 0.336 e. The van der Waals surface area contributed by atoms with Crippen LogP contribution >= 0.6 is 12.6 Å². The third-order valence-electron chi connectivity index (χ3n) is 3.94. The summed E-state index contributed by atoms with van der Waals surface area (Å²) in [7, 11) is 0. The van der Waals surface area contributed by atoms with Gasteiger partial charge in [-0.3, -0.25) is 4.79 Å². The molecule has 0 aliphatic heterocycles. The minimum atomic E-state index is -1.02. The van der Waals surface area contributed by atoms with E-state index in [0.717, 1.165) is 11.1 Å². The van der Waals surface area contributed by atoms with Gasteiger partial charge >= 0.3 is 11.9 Å². The van der Waals surface area contributed by atoms with Crippen LogP contribution in [0.4, 0.5) is 0 Å². The van der Waals surface area contributed by atoms with Crippen molar-refractivity contribution in [3.05, 3.63) is 59.7 Å². The highest BCUT2D eigenvalue weighted by Crippen LogP contribution is 2.26. The third kappa shape index (κ3) is 4.61. The lowest BCUT2D eigenvalue weighted by Gasteiger charge is -2.14. The zero-order chi connectivity index (χ0) is 17.5. The highest BCUT2D eigenvalue weighted by atomic mass is 32.1. The van der Waals surface area contributed by atoms with Gasteiger partial charge in [0.05, 0.1) is 11.5 Å². The molecule has 0 aliphatic carbocycles. The standard InChI is InChI=1S/C19H20O4S/c20-18(21)15(7-4-10-24)11-13-8-9-16(17(12-13)19(22)23)14-5-2-1-3-6-14/h1-3,5-6,8-9,12,15,24H,4,7,10-11H2,(H,20,21)(H,22,23). The van der Waals surface area contributed by atoms with Crippen LogP contribution in [-0.2, 0) is 11.2 Å². The van der Waals surface area contributed by atoms with Crippen molar-refractivity contribution < 1.29 is 19.8 Å². The Labute approximate surface area is 146 Å². The van der Waals surface area contributed by atoms with Crippen LogP contribution in [0.1, 0.15) is 28.8 Å². The lowest BCUT2D eigenvalue weighted by molar-refractivity contribution is -0.141. The number of hydrogen-bond acceptors (Lipinski definition) is 3. The van der Waals surface area contributed by atoms with Gasteiger partial charge in [0.25, 0.3) is 0 Å². The lowest BCUT2D eigenvalue weighted by Crippen LogP contribution is -2.17. The zero-order valence-corrected chi connectivity index (χ0v) is 14.1. The predicted molar refractivity (Wildman–Crippen MR) is 96.8 cm³/mol. The first kappa shape index (κ1) is 18.1. The van der Waals surface area contributed by atoms with Gasteiger partial charge in [0.15, 0.2) is 0 Å². The van der Waals surface area contributed by atoms with E-state index < -0.39 is 17.9 Å². The molecule has 0 bridgehead atoms. The van der Waals surface area contributed by atoms with Crippen LogP contribution in [0.3, 0.4) is 0 Å². The van der Waals surface area contributed by atoms with E-state index in [1.54, 1.807) is 12.1 Å². The topological polar surface area (TPSA) is 74.6 Å². The molecule has 4 nitrogen and oxygen atoms in total. The van der Waals surface area contributed by atoms with E-state index >= 15 is 0 Å². The van der Waals surface area contributed by atoms with Crippen LogP contribution in [0, 0.1) is 5.92 Å². The molecule has 24 heavy (non-hydrogen) atoms. The normalized spacial score (nSPS) is 11.9. The molecule has 0 heterocycles. The Kier molecular flexibility index (Phi) is 6.44. The second-order valence-corrected chi connectivity index (χ2v) is 6.10. The minimum absolute atomic E-state index is 0.192. The Bertz CT molecular complexity index is 713. The molecule has 2 N–H and O–H groups in total. The fourth-order valence-corrected chi connectivity index (χ4v) is 2.88. The minimum Gasteiger partial charge on any atom is -0.481 e. The van der Waals surface area contributed by atoms with E-state index in [0.29, 0.717) is 30.6 Å². The molecule has 5 heteroatoms. The number of aromatic carboxylic acids is 1. The molecule has 126 valence electrons. The van der Waals surface area contributed by atoms with Crippen molar-refractivity contribution in [3.63, 3.8) is 0 Å². The van der Waals surface area contributed by atoms with Gasteiger partial charge in [-0.15, -0.1) is 0 Å². The van der Waals surface area contributed by atoms with Crippen molar-refractivity contribution in [2.45, 2.75) is 19.3 Å². The summed E-state index contributed by atoms with van der Waals surface area (Å²) in [5.41, 5.74) is 2.37. The number of carboxylic acid groups (broad SMARTS) is 2. The number of thiol groups is 1. The first-order chi connectivity index (χ1) is 11.5. The van der Waals surface area contributed by atoms with Crippen molar-refractivity contribution in [1.82, 2.24) is 0 Å². The first-order valence-corrected chi connectivity index (χ1v) is 8.41. The van der Waals surface area contributed by atoms with E-state index in [4.69, 9.17) is 0 Å². The van der Waals surface area contributed by atoms with Crippen molar-refractivity contribution in [2.24, 2.45) is 5.92 Å². The SMILES string of the molecule is O=C(O)c1cc(CC(CCCS)C(=O)O)ccc1-c1ccccc1. The first-order valence-electron chi connectivity index (χ1n) is 7.78. The molecule has 1 unspecified atom stereocenters. The second-order valence-electron chi connectivity index (χ2n) is 5.66. The van der Waals surface area contributed by atoms with Crippen LogP contribution in [0.2, 0.25) is 0 Å². The summed E-state index contributed by atoms with van der Waals surface area (Å²) in [5.74, 6) is -1.77. The molecule has 2 rings (SSSR count). The monoisotopic (exact) mass is 344 g/mol. The van der Waals surface area contributed by atoms with Crippen LogP contribution < -0.4 is 0 Å². The number of carbonyl (C=O) groups is 2. The van der Waals surface area contributed by atoms with Crippen LogP contribution in [0.15, 0.2) is 48.5 Å². The Balaban J connectivity index is 2.31. The molecule has 0 saturated heterocycles. The fraction of sp³-hybridized carbons (Fsp3) is 0.263. The largest absolute Gasteiger partial charge is 0.481 e. The molecular weight excluding hydrogens is 324 g/mol. The lowest BCUT2D eigenvalue weighted by atomic mass is 9.91. The van der Waals surface area contributed by atoms with Gasteiger partial charge in [-0.05, 0) is 47.8 Å². The molecule has 0 amide bonds. The molecule has 0 fully saturated rings. The highest BCUT2D eigenvalue weighted by molar-refractivity contribution is 7.80. The van der Waals surface area contributed by atoms with E-state index in [-0.39, 0.29) is 5.56 Å². The summed E-state index contributed by atoms with van der Waals surface area (Å²) in [6.45, 7) is 0. The number of rotatable bonds is 8. The summed E-state index contributed by atoms with van der Waals surface area (Å²) in [4.78, 5) is 23.0. The van der Waals surface area contributed by atoms with E-state index in [1.807, 2.05) is 36.4 Å².